The standard InChI is InChI=1S/C17H20ClN3O3/c1-21(8-9-24-15-5-3-4-14(18)10-15)17(22)20-12-13-6-7-16(23-2)19-11-13/h3-7,10-11H,8-9,12H2,1-2H3,(H,20,22). The molecule has 128 valence electrons. The van der Waals surface area contributed by atoms with E-state index in [0.29, 0.717) is 36.3 Å². The van der Waals surface area contributed by atoms with Gasteiger partial charge in [0.05, 0.1) is 13.7 Å². The van der Waals surface area contributed by atoms with E-state index in [-0.39, 0.29) is 6.03 Å². The van der Waals surface area contributed by atoms with Crippen LogP contribution in [0.25, 0.3) is 0 Å². The molecule has 0 aliphatic rings. The summed E-state index contributed by atoms with van der Waals surface area (Å²) in [5.74, 6) is 1.22. The molecule has 2 aromatic rings. The second kappa shape index (κ2) is 8.98. The first kappa shape index (κ1) is 17.9. The number of aromatic nitrogens is 1. The zero-order chi connectivity index (χ0) is 17.4. The van der Waals surface area contributed by atoms with Crippen LogP contribution in [0, 0.1) is 0 Å². The van der Waals surface area contributed by atoms with Crippen molar-refractivity contribution in [1.29, 1.82) is 0 Å². The largest absolute Gasteiger partial charge is 0.492 e. The fraction of sp³-hybridized carbons (Fsp3) is 0.294. The summed E-state index contributed by atoms with van der Waals surface area (Å²) in [5, 5.41) is 3.44. The molecule has 1 aromatic carbocycles. The van der Waals surface area contributed by atoms with Crippen molar-refractivity contribution in [3.63, 3.8) is 0 Å². The van der Waals surface area contributed by atoms with E-state index >= 15 is 0 Å². The Bertz CT molecular complexity index is 664. The van der Waals surface area contributed by atoms with Gasteiger partial charge in [0, 0.05) is 30.9 Å². The Balaban J connectivity index is 1.71. The fourth-order valence-electron chi connectivity index (χ4n) is 1.91. The van der Waals surface area contributed by atoms with E-state index in [1.54, 1.807) is 43.5 Å². The average molecular weight is 350 g/mol. The van der Waals surface area contributed by atoms with Crippen LogP contribution in [0.5, 0.6) is 11.6 Å². The second-order valence-corrected chi connectivity index (χ2v) is 5.53. The van der Waals surface area contributed by atoms with E-state index in [4.69, 9.17) is 21.1 Å². The quantitative estimate of drug-likeness (QED) is 0.834. The molecule has 1 heterocycles. The molecule has 0 bridgehead atoms. The summed E-state index contributed by atoms with van der Waals surface area (Å²) in [6.45, 7) is 1.24. The Labute approximate surface area is 146 Å². The van der Waals surface area contributed by atoms with E-state index in [0.717, 1.165) is 5.56 Å². The number of halogens is 1. The lowest BCUT2D eigenvalue weighted by molar-refractivity contribution is 0.195. The summed E-state index contributed by atoms with van der Waals surface area (Å²) in [6.07, 6.45) is 1.67. The number of pyridine rings is 1. The first-order valence-corrected chi connectivity index (χ1v) is 7.82. The third kappa shape index (κ3) is 5.62. The molecule has 0 spiro atoms. The van der Waals surface area contributed by atoms with E-state index < -0.39 is 0 Å². The summed E-state index contributed by atoms with van der Waals surface area (Å²) in [5.41, 5.74) is 0.896. The second-order valence-electron chi connectivity index (χ2n) is 5.09. The van der Waals surface area contributed by atoms with Crippen LogP contribution in [0.2, 0.25) is 5.02 Å². The summed E-state index contributed by atoms with van der Waals surface area (Å²) in [7, 11) is 3.27. The van der Waals surface area contributed by atoms with Gasteiger partial charge < -0.3 is 19.7 Å². The van der Waals surface area contributed by atoms with Crippen molar-refractivity contribution in [3.05, 3.63) is 53.2 Å². The van der Waals surface area contributed by atoms with Gasteiger partial charge in [-0.2, -0.15) is 0 Å². The number of benzene rings is 1. The SMILES string of the molecule is COc1ccc(CNC(=O)N(C)CCOc2cccc(Cl)c2)cn1. The minimum Gasteiger partial charge on any atom is -0.492 e. The van der Waals surface area contributed by atoms with Crippen LogP contribution in [0.1, 0.15) is 5.56 Å². The number of hydrogen-bond acceptors (Lipinski definition) is 4. The van der Waals surface area contributed by atoms with Gasteiger partial charge in [-0.1, -0.05) is 23.7 Å². The third-order valence-electron chi connectivity index (χ3n) is 3.29. The highest BCUT2D eigenvalue weighted by molar-refractivity contribution is 6.30. The van der Waals surface area contributed by atoms with Crippen molar-refractivity contribution in [1.82, 2.24) is 15.2 Å². The van der Waals surface area contributed by atoms with Gasteiger partial charge in [-0.25, -0.2) is 9.78 Å². The number of methoxy groups -OCH3 is 1. The highest BCUT2D eigenvalue weighted by Gasteiger charge is 2.08. The molecule has 2 rings (SSSR count). The zero-order valence-corrected chi connectivity index (χ0v) is 14.4. The Hall–Kier alpha value is -2.47. The molecule has 0 atom stereocenters. The Morgan fingerprint density at radius 2 is 2.17 bits per heavy atom. The van der Waals surface area contributed by atoms with Crippen LogP contribution in [-0.4, -0.2) is 43.2 Å². The fourth-order valence-corrected chi connectivity index (χ4v) is 2.09. The van der Waals surface area contributed by atoms with Crippen molar-refractivity contribution < 1.29 is 14.3 Å². The third-order valence-corrected chi connectivity index (χ3v) is 3.52. The topological polar surface area (TPSA) is 63.7 Å². The number of rotatable bonds is 7. The number of ether oxygens (including phenoxy) is 2. The summed E-state index contributed by atoms with van der Waals surface area (Å²) < 4.78 is 10.6. The normalized spacial score (nSPS) is 10.1. The van der Waals surface area contributed by atoms with Crippen LogP contribution in [0.4, 0.5) is 4.79 Å². The van der Waals surface area contributed by atoms with E-state index in [2.05, 4.69) is 10.3 Å². The molecule has 0 fully saturated rings. The first-order chi connectivity index (χ1) is 11.6. The number of carbonyl (C=O) groups is 1. The van der Waals surface area contributed by atoms with Crippen molar-refractivity contribution in [2.45, 2.75) is 6.54 Å². The number of hydrogen-bond donors (Lipinski definition) is 1. The Morgan fingerprint density at radius 3 is 2.83 bits per heavy atom. The minimum atomic E-state index is -0.180. The number of amides is 2. The Kier molecular flexibility index (Phi) is 6.69. The van der Waals surface area contributed by atoms with Gasteiger partial charge in [-0.3, -0.25) is 0 Å². The molecule has 6 nitrogen and oxygen atoms in total. The predicted molar refractivity (Wildman–Crippen MR) is 92.6 cm³/mol. The van der Waals surface area contributed by atoms with Crippen LogP contribution in [0.15, 0.2) is 42.6 Å². The van der Waals surface area contributed by atoms with Crippen molar-refractivity contribution in [2.75, 3.05) is 27.3 Å². The number of carbonyl (C=O) groups excluding carboxylic acids is 1. The monoisotopic (exact) mass is 349 g/mol. The number of nitrogens with one attached hydrogen (secondary N) is 1. The molecule has 2 amide bonds. The highest BCUT2D eigenvalue weighted by atomic mass is 35.5. The highest BCUT2D eigenvalue weighted by Crippen LogP contribution is 2.16. The minimum absolute atomic E-state index is 0.180. The smallest absolute Gasteiger partial charge is 0.317 e. The molecule has 24 heavy (non-hydrogen) atoms. The maximum atomic E-state index is 12.0. The van der Waals surface area contributed by atoms with Gasteiger partial charge in [0.2, 0.25) is 5.88 Å². The van der Waals surface area contributed by atoms with Gasteiger partial charge in [0.15, 0.2) is 0 Å². The van der Waals surface area contributed by atoms with Crippen molar-refractivity contribution in [3.8, 4) is 11.6 Å². The molecule has 7 heteroatoms. The first-order valence-electron chi connectivity index (χ1n) is 7.44. The summed E-state index contributed by atoms with van der Waals surface area (Å²) >= 11 is 5.89. The van der Waals surface area contributed by atoms with Gasteiger partial charge in [0.25, 0.3) is 0 Å². The molecule has 0 unspecified atom stereocenters. The molecule has 0 saturated carbocycles. The molecular weight excluding hydrogens is 330 g/mol. The van der Waals surface area contributed by atoms with Gasteiger partial charge in [-0.05, 0) is 23.8 Å². The predicted octanol–water partition coefficient (Wildman–Crippen LogP) is 2.96. The number of urea groups is 1. The number of likely N-dealkylation sites (N-methyl/N-ethyl adjacent to an activating group) is 1. The van der Waals surface area contributed by atoms with Crippen LogP contribution < -0.4 is 14.8 Å². The van der Waals surface area contributed by atoms with E-state index in [9.17, 15) is 4.79 Å². The summed E-state index contributed by atoms with van der Waals surface area (Å²) in [4.78, 5) is 17.7. The zero-order valence-electron chi connectivity index (χ0n) is 13.7. The van der Waals surface area contributed by atoms with Crippen LogP contribution in [0.3, 0.4) is 0 Å². The molecular formula is C17H20ClN3O3. The molecule has 0 saturated heterocycles. The van der Waals surface area contributed by atoms with E-state index in [1.807, 2.05) is 18.2 Å². The van der Waals surface area contributed by atoms with Crippen LogP contribution >= 0.6 is 11.6 Å². The van der Waals surface area contributed by atoms with Crippen LogP contribution in [-0.2, 0) is 6.54 Å². The maximum absolute atomic E-state index is 12.0. The maximum Gasteiger partial charge on any atom is 0.317 e. The van der Waals surface area contributed by atoms with Gasteiger partial charge in [0.1, 0.15) is 12.4 Å². The van der Waals surface area contributed by atoms with Gasteiger partial charge >= 0.3 is 6.03 Å². The Morgan fingerprint density at radius 1 is 1.33 bits per heavy atom. The molecule has 1 aromatic heterocycles. The lowest BCUT2D eigenvalue weighted by Gasteiger charge is -2.18. The average Bonchev–Trinajstić information content (AvgIpc) is 2.60. The molecule has 0 aliphatic carbocycles. The van der Waals surface area contributed by atoms with E-state index in [1.165, 1.54) is 0 Å². The summed E-state index contributed by atoms with van der Waals surface area (Å²) in [6, 6.07) is 10.6. The lowest BCUT2D eigenvalue weighted by atomic mass is 10.3. The number of nitrogens with zero attached hydrogens (tertiary/aromatic N) is 2. The molecule has 0 aliphatic heterocycles. The van der Waals surface area contributed by atoms with Crippen molar-refractivity contribution in [2.24, 2.45) is 0 Å². The van der Waals surface area contributed by atoms with Gasteiger partial charge in [-0.15, -0.1) is 0 Å². The molecule has 1 N–H and O–H groups in total. The van der Waals surface area contributed by atoms with Crippen molar-refractivity contribution >= 4 is 17.6 Å². The molecule has 0 radical (unpaired) electrons. The lowest BCUT2D eigenvalue weighted by Crippen LogP contribution is -2.39.